The van der Waals surface area contributed by atoms with Gasteiger partial charge in [0, 0.05) is 16.9 Å². The molecule has 0 unspecified atom stereocenters. The van der Waals surface area contributed by atoms with Gasteiger partial charge in [-0.15, -0.1) is 0 Å². The van der Waals surface area contributed by atoms with Crippen molar-refractivity contribution in [2.75, 3.05) is 12.3 Å². The maximum Gasteiger partial charge on any atom is 0.230 e. The number of sulfone groups is 1. The predicted molar refractivity (Wildman–Crippen MR) is 88.3 cm³/mol. The first-order valence-corrected chi connectivity index (χ1v) is 9.19. The van der Waals surface area contributed by atoms with Gasteiger partial charge in [-0.1, -0.05) is 54.2 Å². The first kappa shape index (κ1) is 15.0. The molecule has 3 rings (SSSR count). The van der Waals surface area contributed by atoms with Crippen LogP contribution in [0.5, 0.6) is 0 Å². The van der Waals surface area contributed by atoms with E-state index in [-0.39, 0.29) is 20.6 Å². The summed E-state index contributed by atoms with van der Waals surface area (Å²) in [5, 5.41) is 0. The van der Waals surface area contributed by atoms with Gasteiger partial charge in [0.15, 0.2) is 10.2 Å². The van der Waals surface area contributed by atoms with Crippen LogP contribution in [-0.2, 0) is 9.84 Å². The number of hydrogen-bond acceptors (Lipinski definition) is 5. The van der Waals surface area contributed by atoms with Gasteiger partial charge < -0.3 is 0 Å². The van der Waals surface area contributed by atoms with Gasteiger partial charge in [-0.3, -0.25) is 9.79 Å². The van der Waals surface area contributed by atoms with Crippen LogP contribution in [0.3, 0.4) is 0 Å². The number of thioether (sulfide) groups is 1. The van der Waals surface area contributed by atoms with Crippen LogP contribution in [0, 0.1) is 0 Å². The Bertz CT molecular complexity index is 843. The van der Waals surface area contributed by atoms with Gasteiger partial charge in [-0.05, 0) is 12.1 Å². The van der Waals surface area contributed by atoms with E-state index in [0.717, 1.165) is 0 Å². The average Bonchev–Trinajstić information content (AvgIpc) is 3.10. The third-order valence-electron chi connectivity index (χ3n) is 3.24. The molecule has 6 heteroatoms. The van der Waals surface area contributed by atoms with Crippen LogP contribution in [0.2, 0.25) is 0 Å². The second kappa shape index (κ2) is 6.06. The molecule has 0 aromatic heterocycles. The van der Waals surface area contributed by atoms with Crippen LogP contribution < -0.4 is 0 Å². The number of hydrogen-bond donors (Lipinski definition) is 0. The number of nitrogens with zero attached hydrogens (tertiary/aromatic N) is 1. The SMILES string of the molecule is O=C(c1ccccc1)c1ccccc1S(=O)(=O)C1=NCCS1. The molecule has 2 aromatic carbocycles. The minimum atomic E-state index is -3.73. The molecule has 1 heterocycles. The maximum atomic E-state index is 12.7. The van der Waals surface area contributed by atoms with E-state index < -0.39 is 9.84 Å². The van der Waals surface area contributed by atoms with E-state index in [0.29, 0.717) is 17.9 Å². The quantitative estimate of drug-likeness (QED) is 0.811. The summed E-state index contributed by atoms with van der Waals surface area (Å²) in [7, 11) is -3.73. The smallest absolute Gasteiger partial charge is 0.230 e. The van der Waals surface area contributed by atoms with Crippen molar-refractivity contribution >= 4 is 31.8 Å². The molecule has 0 N–H and O–H groups in total. The van der Waals surface area contributed by atoms with Crippen molar-refractivity contribution in [3.05, 3.63) is 65.7 Å². The fourth-order valence-corrected chi connectivity index (χ4v) is 5.04. The molecule has 0 saturated heterocycles. The maximum absolute atomic E-state index is 12.7. The lowest BCUT2D eigenvalue weighted by molar-refractivity contribution is 0.103. The molecule has 1 aliphatic rings. The van der Waals surface area contributed by atoms with Crippen LogP contribution in [0.1, 0.15) is 15.9 Å². The lowest BCUT2D eigenvalue weighted by atomic mass is 10.0. The molecule has 0 fully saturated rings. The van der Waals surface area contributed by atoms with Crippen molar-refractivity contribution in [1.82, 2.24) is 0 Å². The Kier molecular flexibility index (Phi) is 4.13. The molecule has 4 nitrogen and oxygen atoms in total. The van der Waals surface area contributed by atoms with Gasteiger partial charge >= 0.3 is 0 Å². The fourth-order valence-electron chi connectivity index (χ4n) is 2.21. The summed E-state index contributed by atoms with van der Waals surface area (Å²) < 4.78 is 25.5. The number of benzene rings is 2. The topological polar surface area (TPSA) is 63.6 Å². The summed E-state index contributed by atoms with van der Waals surface area (Å²) in [5.74, 6) is 0.354. The Morgan fingerprint density at radius 1 is 1.00 bits per heavy atom. The second-order valence-corrected chi connectivity index (χ2v) is 7.87. The molecule has 0 atom stereocenters. The summed E-state index contributed by atoms with van der Waals surface area (Å²) in [6.45, 7) is 0.494. The van der Waals surface area contributed by atoms with Crippen LogP contribution in [0.15, 0.2) is 64.5 Å². The number of ketones is 1. The zero-order valence-electron chi connectivity index (χ0n) is 11.6. The summed E-state index contributed by atoms with van der Waals surface area (Å²) >= 11 is 1.21. The lowest BCUT2D eigenvalue weighted by Gasteiger charge is -2.09. The van der Waals surface area contributed by atoms with Crippen LogP contribution in [-0.4, -0.2) is 30.9 Å². The first-order valence-electron chi connectivity index (χ1n) is 6.72. The number of rotatable bonds is 3. The molecule has 0 bridgehead atoms. The Labute approximate surface area is 133 Å². The van der Waals surface area contributed by atoms with Gasteiger partial charge in [0.25, 0.3) is 0 Å². The number of aliphatic imine (C=N–C) groups is 1. The zero-order valence-corrected chi connectivity index (χ0v) is 13.2. The van der Waals surface area contributed by atoms with Gasteiger partial charge in [0.2, 0.25) is 9.84 Å². The third kappa shape index (κ3) is 2.71. The molecule has 0 amide bonds. The van der Waals surface area contributed by atoms with E-state index in [9.17, 15) is 13.2 Å². The van der Waals surface area contributed by atoms with Crippen LogP contribution in [0.4, 0.5) is 0 Å². The van der Waals surface area contributed by atoms with E-state index in [1.54, 1.807) is 42.5 Å². The normalized spacial score (nSPS) is 14.6. The molecular formula is C16H13NO3S2. The number of carbonyl (C=O) groups excluding carboxylic acids is 1. The molecule has 0 radical (unpaired) electrons. The van der Waals surface area contributed by atoms with Crippen molar-refractivity contribution < 1.29 is 13.2 Å². The van der Waals surface area contributed by atoms with Crippen molar-refractivity contribution in [3.63, 3.8) is 0 Å². The minimum absolute atomic E-state index is 0.0250. The largest absolute Gasteiger partial charge is 0.289 e. The molecule has 0 aliphatic carbocycles. The molecule has 2 aromatic rings. The molecule has 0 saturated carbocycles. The summed E-state index contributed by atoms with van der Waals surface area (Å²) in [6.07, 6.45) is 0. The average molecular weight is 331 g/mol. The second-order valence-electron chi connectivity index (χ2n) is 4.69. The highest BCUT2D eigenvalue weighted by Crippen LogP contribution is 2.27. The fraction of sp³-hybridized carbons (Fsp3) is 0.125. The van der Waals surface area contributed by atoms with E-state index in [1.165, 1.54) is 17.8 Å². The Morgan fingerprint density at radius 2 is 1.68 bits per heavy atom. The summed E-state index contributed by atoms with van der Waals surface area (Å²) in [6, 6.07) is 15.0. The van der Waals surface area contributed by atoms with Crippen LogP contribution in [0.25, 0.3) is 0 Å². The first-order chi connectivity index (χ1) is 10.6. The minimum Gasteiger partial charge on any atom is -0.289 e. The highest BCUT2D eigenvalue weighted by Gasteiger charge is 2.29. The van der Waals surface area contributed by atoms with E-state index in [1.807, 2.05) is 6.07 Å². The predicted octanol–water partition coefficient (Wildman–Crippen LogP) is 2.79. The molecule has 22 heavy (non-hydrogen) atoms. The van der Waals surface area contributed by atoms with Crippen molar-refractivity contribution in [2.45, 2.75) is 4.90 Å². The van der Waals surface area contributed by atoms with Gasteiger partial charge in [-0.25, -0.2) is 8.42 Å². The van der Waals surface area contributed by atoms with Gasteiger partial charge in [0.05, 0.1) is 11.4 Å². The molecular weight excluding hydrogens is 318 g/mol. The van der Waals surface area contributed by atoms with E-state index in [2.05, 4.69) is 4.99 Å². The van der Waals surface area contributed by atoms with E-state index >= 15 is 0 Å². The Hall–Kier alpha value is -1.92. The molecule has 1 aliphatic heterocycles. The summed E-state index contributed by atoms with van der Waals surface area (Å²) in [4.78, 5) is 16.7. The molecule has 0 spiro atoms. The lowest BCUT2D eigenvalue weighted by Crippen LogP contribution is -2.15. The monoisotopic (exact) mass is 331 g/mol. The van der Waals surface area contributed by atoms with Crippen molar-refractivity contribution in [2.24, 2.45) is 4.99 Å². The third-order valence-corrected chi connectivity index (χ3v) is 6.54. The standard InChI is InChI=1S/C16H13NO3S2/c18-15(12-6-2-1-3-7-12)13-8-4-5-9-14(13)22(19,20)16-17-10-11-21-16/h1-9H,10-11H2. The van der Waals surface area contributed by atoms with Crippen molar-refractivity contribution in [3.8, 4) is 0 Å². The molecule has 112 valence electrons. The Balaban J connectivity index is 2.10. The Morgan fingerprint density at radius 3 is 2.36 bits per heavy atom. The van der Waals surface area contributed by atoms with E-state index in [4.69, 9.17) is 0 Å². The van der Waals surface area contributed by atoms with Gasteiger partial charge in [-0.2, -0.15) is 0 Å². The highest BCUT2D eigenvalue weighted by molar-refractivity contribution is 8.35. The van der Waals surface area contributed by atoms with Crippen molar-refractivity contribution in [1.29, 1.82) is 0 Å². The zero-order chi connectivity index (χ0) is 15.6. The van der Waals surface area contributed by atoms with Crippen LogP contribution >= 0.6 is 11.8 Å². The number of carbonyl (C=O) groups is 1. The van der Waals surface area contributed by atoms with Gasteiger partial charge in [0.1, 0.15) is 0 Å². The summed E-state index contributed by atoms with van der Waals surface area (Å²) in [5.41, 5.74) is 0.648. The highest BCUT2D eigenvalue weighted by atomic mass is 32.3.